The molecule has 0 bridgehead atoms. The summed E-state index contributed by atoms with van der Waals surface area (Å²) >= 11 is 0. The van der Waals surface area contributed by atoms with Crippen LogP contribution < -0.4 is 16.4 Å². The van der Waals surface area contributed by atoms with Crippen molar-refractivity contribution in [2.75, 3.05) is 18.4 Å². The molecule has 1 fully saturated rings. The average molecular weight is 223 g/mol. The maximum absolute atomic E-state index is 12.7. The van der Waals surface area contributed by atoms with E-state index in [0.717, 1.165) is 6.54 Å². The molecule has 1 aliphatic heterocycles. The van der Waals surface area contributed by atoms with Crippen molar-refractivity contribution < 1.29 is 9.18 Å². The first-order chi connectivity index (χ1) is 7.60. The third-order valence-electron chi connectivity index (χ3n) is 2.74. The zero-order valence-corrected chi connectivity index (χ0v) is 8.79. The standard InChI is InChI=1S/C11H14FN3O/c12-8-1-3-9(4-2-8)15-10(16)11(13)5-6-14-7-11/h1-4,14H,5-7,13H2,(H,15,16). The van der Waals surface area contributed by atoms with Gasteiger partial charge in [-0.05, 0) is 37.2 Å². The molecule has 4 N–H and O–H groups in total. The Morgan fingerprint density at radius 2 is 2.12 bits per heavy atom. The summed E-state index contributed by atoms with van der Waals surface area (Å²) in [7, 11) is 0. The molecule has 16 heavy (non-hydrogen) atoms. The summed E-state index contributed by atoms with van der Waals surface area (Å²) in [6.07, 6.45) is 0.611. The van der Waals surface area contributed by atoms with Crippen LogP contribution >= 0.6 is 0 Å². The monoisotopic (exact) mass is 223 g/mol. The highest BCUT2D eigenvalue weighted by molar-refractivity contribution is 5.98. The van der Waals surface area contributed by atoms with Crippen LogP contribution in [0.5, 0.6) is 0 Å². The Morgan fingerprint density at radius 3 is 2.69 bits per heavy atom. The van der Waals surface area contributed by atoms with Crippen LogP contribution in [0.1, 0.15) is 6.42 Å². The van der Waals surface area contributed by atoms with Gasteiger partial charge >= 0.3 is 0 Å². The van der Waals surface area contributed by atoms with E-state index in [1.165, 1.54) is 24.3 Å². The quantitative estimate of drug-likeness (QED) is 0.682. The molecule has 0 aromatic heterocycles. The van der Waals surface area contributed by atoms with Gasteiger partial charge in [0, 0.05) is 12.2 Å². The molecule has 0 spiro atoms. The Morgan fingerprint density at radius 1 is 1.44 bits per heavy atom. The van der Waals surface area contributed by atoms with E-state index in [1.54, 1.807) is 0 Å². The van der Waals surface area contributed by atoms with Crippen molar-refractivity contribution in [3.05, 3.63) is 30.1 Å². The van der Waals surface area contributed by atoms with Crippen molar-refractivity contribution in [1.82, 2.24) is 5.32 Å². The van der Waals surface area contributed by atoms with Crippen LogP contribution in [0.4, 0.5) is 10.1 Å². The van der Waals surface area contributed by atoms with Gasteiger partial charge in [-0.1, -0.05) is 0 Å². The second-order valence-electron chi connectivity index (χ2n) is 4.04. The van der Waals surface area contributed by atoms with Gasteiger partial charge in [-0.25, -0.2) is 4.39 Å². The highest BCUT2D eigenvalue weighted by Gasteiger charge is 2.36. The largest absolute Gasteiger partial charge is 0.324 e. The smallest absolute Gasteiger partial charge is 0.245 e. The number of halogens is 1. The van der Waals surface area contributed by atoms with Crippen molar-refractivity contribution in [3.63, 3.8) is 0 Å². The molecule has 1 aliphatic rings. The number of benzene rings is 1. The summed E-state index contributed by atoms with van der Waals surface area (Å²) in [6, 6.07) is 5.62. The van der Waals surface area contributed by atoms with Crippen LogP contribution in [0.25, 0.3) is 0 Å². The zero-order valence-electron chi connectivity index (χ0n) is 8.79. The van der Waals surface area contributed by atoms with Gasteiger partial charge < -0.3 is 16.4 Å². The van der Waals surface area contributed by atoms with E-state index < -0.39 is 5.54 Å². The van der Waals surface area contributed by atoms with E-state index >= 15 is 0 Å². The van der Waals surface area contributed by atoms with Crippen molar-refractivity contribution >= 4 is 11.6 Å². The Balaban J connectivity index is 2.04. The van der Waals surface area contributed by atoms with E-state index in [1.807, 2.05) is 0 Å². The number of carbonyl (C=O) groups is 1. The van der Waals surface area contributed by atoms with E-state index in [0.29, 0.717) is 18.7 Å². The molecule has 86 valence electrons. The van der Waals surface area contributed by atoms with Crippen LogP contribution in [0.3, 0.4) is 0 Å². The molecule has 1 amide bonds. The third kappa shape index (κ3) is 2.20. The van der Waals surface area contributed by atoms with Gasteiger partial charge in [0.05, 0.1) is 0 Å². The normalized spacial score (nSPS) is 24.4. The maximum Gasteiger partial charge on any atom is 0.245 e. The lowest BCUT2D eigenvalue weighted by Crippen LogP contribution is -2.52. The van der Waals surface area contributed by atoms with E-state index in [4.69, 9.17) is 5.73 Å². The fourth-order valence-electron chi connectivity index (χ4n) is 1.69. The van der Waals surface area contributed by atoms with Crippen molar-refractivity contribution in [2.24, 2.45) is 5.73 Å². The molecular weight excluding hydrogens is 209 g/mol. The molecule has 0 aliphatic carbocycles. The molecule has 1 aromatic carbocycles. The Hall–Kier alpha value is -1.46. The second-order valence-corrected chi connectivity index (χ2v) is 4.04. The molecule has 2 rings (SSSR count). The molecule has 5 heteroatoms. The first-order valence-corrected chi connectivity index (χ1v) is 5.17. The SMILES string of the molecule is NC1(C(=O)Nc2ccc(F)cc2)CCNC1. The minimum Gasteiger partial charge on any atom is -0.324 e. The lowest BCUT2D eigenvalue weighted by atomic mass is 9.99. The van der Waals surface area contributed by atoms with Crippen LogP contribution in [0, 0.1) is 5.82 Å². The Labute approximate surface area is 93.0 Å². The molecule has 1 atom stereocenters. The summed E-state index contributed by atoms with van der Waals surface area (Å²) in [5, 5.41) is 5.72. The van der Waals surface area contributed by atoms with Crippen molar-refractivity contribution in [1.29, 1.82) is 0 Å². The Bertz CT molecular complexity index is 385. The minimum absolute atomic E-state index is 0.232. The topological polar surface area (TPSA) is 67.2 Å². The van der Waals surface area contributed by atoms with E-state index in [2.05, 4.69) is 10.6 Å². The number of nitrogens with two attached hydrogens (primary N) is 1. The molecule has 1 unspecified atom stereocenters. The van der Waals surface area contributed by atoms with Gasteiger partial charge in [0.2, 0.25) is 5.91 Å². The van der Waals surface area contributed by atoms with Gasteiger partial charge in [-0.15, -0.1) is 0 Å². The lowest BCUT2D eigenvalue weighted by Gasteiger charge is -2.21. The zero-order chi connectivity index (χ0) is 11.6. The summed E-state index contributed by atoms with van der Waals surface area (Å²) in [4.78, 5) is 11.9. The fourth-order valence-corrected chi connectivity index (χ4v) is 1.69. The second kappa shape index (κ2) is 4.19. The number of nitrogens with one attached hydrogen (secondary N) is 2. The van der Waals surface area contributed by atoms with Crippen LogP contribution in [-0.2, 0) is 4.79 Å². The highest BCUT2D eigenvalue weighted by atomic mass is 19.1. The minimum atomic E-state index is -0.853. The lowest BCUT2D eigenvalue weighted by molar-refractivity contribution is -0.120. The molecule has 0 radical (unpaired) electrons. The van der Waals surface area contributed by atoms with Crippen LogP contribution in [-0.4, -0.2) is 24.5 Å². The summed E-state index contributed by atoms with van der Waals surface area (Å²) in [6.45, 7) is 1.22. The number of hydrogen-bond donors (Lipinski definition) is 3. The number of rotatable bonds is 2. The first kappa shape index (κ1) is 11.0. The fraction of sp³-hybridized carbons (Fsp3) is 0.364. The van der Waals surface area contributed by atoms with Crippen molar-refractivity contribution in [2.45, 2.75) is 12.0 Å². The van der Waals surface area contributed by atoms with Crippen LogP contribution in [0.2, 0.25) is 0 Å². The van der Waals surface area contributed by atoms with Gasteiger partial charge in [-0.3, -0.25) is 4.79 Å². The third-order valence-corrected chi connectivity index (χ3v) is 2.74. The Kier molecular flexibility index (Phi) is 2.89. The van der Waals surface area contributed by atoms with Crippen molar-refractivity contribution in [3.8, 4) is 0 Å². The van der Waals surface area contributed by atoms with Gasteiger partial charge in [0.15, 0.2) is 0 Å². The predicted octanol–water partition coefficient (Wildman–Crippen LogP) is 0.455. The molecular formula is C11H14FN3O. The number of hydrogen-bond acceptors (Lipinski definition) is 3. The van der Waals surface area contributed by atoms with E-state index in [-0.39, 0.29) is 11.7 Å². The van der Waals surface area contributed by atoms with Crippen LogP contribution in [0.15, 0.2) is 24.3 Å². The number of amides is 1. The molecule has 4 nitrogen and oxygen atoms in total. The van der Waals surface area contributed by atoms with E-state index in [9.17, 15) is 9.18 Å². The summed E-state index contributed by atoms with van der Waals surface area (Å²) < 4.78 is 12.7. The van der Waals surface area contributed by atoms with Gasteiger partial charge in [0.1, 0.15) is 11.4 Å². The predicted molar refractivity (Wildman–Crippen MR) is 59.4 cm³/mol. The number of anilines is 1. The molecule has 1 saturated heterocycles. The van der Waals surface area contributed by atoms with Gasteiger partial charge in [0.25, 0.3) is 0 Å². The average Bonchev–Trinajstić information content (AvgIpc) is 2.70. The number of carbonyl (C=O) groups excluding carboxylic acids is 1. The highest BCUT2D eigenvalue weighted by Crippen LogP contribution is 2.15. The summed E-state index contributed by atoms with van der Waals surface area (Å²) in [5.41, 5.74) is 5.64. The van der Waals surface area contributed by atoms with Gasteiger partial charge in [-0.2, -0.15) is 0 Å². The summed E-state index contributed by atoms with van der Waals surface area (Å²) in [5.74, 6) is -0.563. The first-order valence-electron chi connectivity index (χ1n) is 5.17. The maximum atomic E-state index is 12.7. The molecule has 0 saturated carbocycles. The molecule has 1 heterocycles. The molecule has 1 aromatic rings.